The summed E-state index contributed by atoms with van der Waals surface area (Å²) in [5.41, 5.74) is 2.91. The van der Waals surface area contributed by atoms with Crippen molar-refractivity contribution < 1.29 is 14.1 Å². The van der Waals surface area contributed by atoms with Gasteiger partial charge in [0.15, 0.2) is 12.4 Å². The van der Waals surface area contributed by atoms with E-state index in [1.54, 1.807) is 6.07 Å². The fourth-order valence-corrected chi connectivity index (χ4v) is 1.41. The van der Waals surface area contributed by atoms with Gasteiger partial charge in [-0.25, -0.2) is 0 Å². The van der Waals surface area contributed by atoms with E-state index in [2.05, 4.69) is 5.16 Å². The molecule has 4 nitrogen and oxygen atoms in total. The first-order valence-electron chi connectivity index (χ1n) is 5.31. The highest BCUT2D eigenvalue weighted by atomic mass is 16.5. The van der Waals surface area contributed by atoms with Crippen molar-refractivity contribution in [3.63, 3.8) is 0 Å². The molecule has 0 N–H and O–H groups in total. The van der Waals surface area contributed by atoms with Gasteiger partial charge in [0, 0.05) is 18.6 Å². The predicted molar refractivity (Wildman–Crippen MR) is 62.1 cm³/mol. The summed E-state index contributed by atoms with van der Waals surface area (Å²) in [6, 6.07) is 9.74. The van der Waals surface area contributed by atoms with E-state index in [0.717, 1.165) is 11.3 Å². The van der Waals surface area contributed by atoms with Gasteiger partial charge in [-0.2, -0.15) is 0 Å². The molecule has 0 bridgehead atoms. The Morgan fingerprint density at radius 2 is 2.06 bits per heavy atom. The predicted octanol–water partition coefficient (Wildman–Crippen LogP) is 2.71. The van der Waals surface area contributed by atoms with E-state index in [9.17, 15) is 4.79 Å². The number of rotatable bonds is 3. The molecule has 17 heavy (non-hydrogen) atoms. The maximum absolute atomic E-state index is 10.6. The van der Waals surface area contributed by atoms with E-state index in [4.69, 9.17) is 9.26 Å². The van der Waals surface area contributed by atoms with E-state index in [1.165, 1.54) is 12.5 Å². The fraction of sp³-hybridized carbons (Fsp3) is 0.231. The van der Waals surface area contributed by atoms with Crippen LogP contribution in [0.1, 0.15) is 18.2 Å². The summed E-state index contributed by atoms with van der Waals surface area (Å²) in [4.78, 5) is 10.6. The van der Waals surface area contributed by atoms with Gasteiger partial charge < -0.3 is 9.26 Å². The molecular weight excluding hydrogens is 218 g/mol. The lowest BCUT2D eigenvalue weighted by Gasteiger charge is -1.96. The number of aryl methyl sites for hydroxylation is 1. The Hall–Kier alpha value is -2.10. The highest BCUT2D eigenvalue weighted by molar-refractivity contribution is 5.66. The molecule has 0 aliphatic rings. The molecule has 1 heterocycles. The van der Waals surface area contributed by atoms with Crippen LogP contribution in [0, 0.1) is 6.92 Å². The van der Waals surface area contributed by atoms with E-state index >= 15 is 0 Å². The van der Waals surface area contributed by atoms with Gasteiger partial charge in [0.05, 0.1) is 0 Å². The highest BCUT2D eigenvalue weighted by Crippen LogP contribution is 2.19. The first-order valence-corrected chi connectivity index (χ1v) is 5.31. The van der Waals surface area contributed by atoms with Crippen molar-refractivity contribution in [2.24, 2.45) is 0 Å². The zero-order chi connectivity index (χ0) is 12.3. The molecule has 88 valence electrons. The van der Waals surface area contributed by atoms with Gasteiger partial charge >= 0.3 is 5.97 Å². The van der Waals surface area contributed by atoms with Gasteiger partial charge in [0.25, 0.3) is 0 Å². The monoisotopic (exact) mass is 231 g/mol. The van der Waals surface area contributed by atoms with E-state index in [0.29, 0.717) is 5.76 Å². The van der Waals surface area contributed by atoms with Crippen LogP contribution in [0.15, 0.2) is 34.9 Å². The number of esters is 1. The third-order valence-corrected chi connectivity index (χ3v) is 2.32. The fourth-order valence-electron chi connectivity index (χ4n) is 1.41. The Bertz CT molecular complexity index is 514. The number of carbonyl (C=O) groups is 1. The second-order valence-corrected chi connectivity index (χ2v) is 3.82. The van der Waals surface area contributed by atoms with E-state index in [-0.39, 0.29) is 12.6 Å². The first kappa shape index (κ1) is 11.4. The van der Waals surface area contributed by atoms with Crippen LogP contribution in [-0.2, 0) is 16.1 Å². The lowest BCUT2D eigenvalue weighted by molar-refractivity contribution is -0.142. The molecule has 0 fully saturated rings. The molecule has 0 radical (unpaired) electrons. The quantitative estimate of drug-likeness (QED) is 0.762. The summed E-state index contributed by atoms with van der Waals surface area (Å²) >= 11 is 0. The van der Waals surface area contributed by atoms with Crippen molar-refractivity contribution in [1.29, 1.82) is 0 Å². The average Bonchev–Trinajstić information content (AvgIpc) is 2.76. The van der Waals surface area contributed by atoms with Crippen LogP contribution in [0.4, 0.5) is 0 Å². The summed E-state index contributed by atoms with van der Waals surface area (Å²) in [6.07, 6.45) is 0. The molecule has 1 aromatic carbocycles. The molecule has 2 aromatic rings. The summed E-state index contributed by atoms with van der Waals surface area (Å²) < 4.78 is 9.90. The number of ether oxygens (including phenoxy) is 1. The Balaban J connectivity index is 2.12. The van der Waals surface area contributed by atoms with E-state index < -0.39 is 0 Å². The number of benzene rings is 1. The minimum absolute atomic E-state index is 0.119. The van der Waals surface area contributed by atoms with Crippen LogP contribution in [0.3, 0.4) is 0 Å². The SMILES string of the molecule is CC(=O)OCc1cc(-c2ccc(C)cc2)no1. The van der Waals surface area contributed by atoms with Crippen LogP contribution in [0.2, 0.25) is 0 Å². The number of aromatic nitrogens is 1. The van der Waals surface area contributed by atoms with Gasteiger partial charge in [-0.15, -0.1) is 0 Å². The minimum atomic E-state index is -0.335. The molecule has 0 atom stereocenters. The normalized spacial score (nSPS) is 10.2. The maximum Gasteiger partial charge on any atom is 0.303 e. The molecule has 0 saturated heterocycles. The Morgan fingerprint density at radius 1 is 1.35 bits per heavy atom. The third kappa shape index (κ3) is 2.93. The van der Waals surface area contributed by atoms with Crippen LogP contribution in [0.5, 0.6) is 0 Å². The topological polar surface area (TPSA) is 52.3 Å². The largest absolute Gasteiger partial charge is 0.458 e. The number of hydrogen-bond acceptors (Lipinski definition) is 4. The summed E-state index contributed by atoms with van der Waals surface area (Å²) in [6.45, 7) is 3.50. The summed E-state index contributed by atoms with van der Waals surface area (Å²) in [5, 5.41) is 3.93. The standard InChI is InChI=1S/C13H13NO3/c1-9-3-5-11(6-4-9)13-7-12(17-14-13)8-16-10(2)15/h3-7H,8H2,1-2H3. The Labute approximate surface area is 99.2 Å². The van der Waals surface area contributed by atoms with Crippen molar-refractivity contribution >= 4 is 5.97 Å². The molecule has 0 amide bonds. The van der Waals surface area contributed by atoms with Gasteiger partial charge in [0.2, 0.25) is 0 Å². The zero-order valence-corrected chi connectivity index (χ0v) is 9.77. The number of nitrogens with zero attached hydrogens (tertiary/aromatic N) is 1. The molecule has 0 aliphatic heterocycles. The van der Waals surface area contributed by atoms with E-state index in [1.807, 2.05) is 31.2 Å². The molecule has 0 saturated carbocycles. The van der Waals surface area contributed by atoms with Crippen molar-refractivity contribution in [3.8, 4) is 11.3 Å². The first-order chi connectivity index (χ1) is 8.15. The van der Waals surface area contributed by atoms with Gasteiger partial charge in [-0.05, 0) is 6.92 Å². The lowest BCUT2D eigenvalue weighted by atomic mass is 10.1. The van der Waals surface area contributed by atoms with Gasteiger partial charge in [-0.3, -0.25) is 4.79 Å². The highest BCUT2D eigenvalue weighted by Gasteiger charge is 2.07. The summed E-state index contributed by atoms with van der Waals surface area (Å²) in [5.74, 6) is 0.203. The van der Waals surface area contributed by atoms with Crippen LogP contribution in [-0.4, -0.2) is 11.1 Å². The Morgan fingerprint density at radius 3 is 2.71 bits per heavy atom. The molecule has 2 rings (SSSR count). The molecule has 4 heteroatoms. The third-order valence-electron chi connectivity index (χ3n) is 2.32. The Kier molecular flexibility index (Phi) is 3.23. The number of carbonyl (C=O) groups excluding carboxylic acids is 1. The molecule has 0 spiro atoms. The van der Waals surface area contributed by atoms with Crippen molar-refractivity contribution in [2.45, 2.75) is 20.5 Å². The van der Waals surface area contributed by atoms with Gasteiger partial charge in [0.1, 0.15) is 5.69 Å². The zero-order valence-electron chi connectivity index (χ0n) is 9.77. The molecule has 0 unspecified atom stereocenters. The van der Waals surface area contributed by atoms with Crippen LogP contribution in [0.25, 0.3) is 11.3 Å². The van der Waals surface area contributed by atoms with Gasteiger partial charge in [-0.1, -0.05) is 35.0 Å². The maximum atomic E-state index is 10.6. The van der Waals surface area contributed by atoms with Crippen LogP contribution < -0.4 is 0 Å². The molecule has 0 aliphatic carbocycles. The number of hydrogen-bond donors (Lipinski definition) is 0. The molecule has 1 aromatic heterocycles. The van der Waals surface area contributed by atoms with Crippen molar-refractivity contribution in [1.82, 2.24) is 5.16 Å². The van der Waals surface area contributed by atoms with Crippen molar-refractivity contribution in [3.05, 3.63) is 41.7 Å². The second kappa shape index (κ2) is 4.82. The van der Waals surface area contributed by atoms with Crippen molar-refractivity contribution in [2.75, 3.05) is 0 Å². The lowest BCUT2D eigenvalue weighted by Crippen LogP contribution is -1.97. The molecular formula is C13H13NO3. The smallest absolute Gasteiger partial charge is 0.303 e. The second-order valence-electron chi connectivity index (χ2n) is 3.82. The average molecular weight is 231 g/mol. The van der Waals surface area contributed by atoms with Crippen LogP contribution >= 0.6 is 0 Å². The minimum Gasteiger partial charge on any atom is -0.458 e. The summed E-state index contributed by atoms with van der Waals surface area (Å²) in [7, 11) is 0.